The van der Waals surface area contributed by atoms with Crippen LogP contribution in [0.4, 0.5) is 10.5 Å². The molecule has 2 aliphatic rings. The van der Waals surface area contributed by atoms with Gasteiger partial charge < -0.3 is 10.1 Å². The maximum Gasteiger partial charge on any atom is 0.331 e. The first-order valence-corrected chi connectivity index (χ1v) is 9.57. The maximum absolute atomic E-state index is 12.7. The molecule has 2 fully saturated rings. The summed E-state index contributed by atoms with van der Waals surface area (Å²) in [4.78, 5) is 39.1. The number of hydrogen-bond donors (Lipinski definition) is 1. The molecule has 1 aromatic rings. The van der Waals surface area contributed by atoms with Crippen molar-refractivity contribution in [2.45, 2.75) is 32.1 Å². The second-order valence-electron chi connectivity index (χ2n) is 7.14. The number of imide groups is 1. The molecule has 0 saturated carbocycles. The minimum Gasteiger partial charge on any atom is -0.469 e. The van der Waals surface area contributed by atoms with Crippen LogP contribution >= 0.6 is 12.4 Å². The summed E-state index contributed by atoms with van der Waals surface area (Å²) in [5, 5.41) is 3.33. The normalized spacial score (nSPS) is 17.6. The number of carbonyl (C=O) groups is 3. The highest BCUT2D eigenvalue weighted by Crippen LogP contribution is 2.24. The molecule has 8 heteroatoms. The van der Waals surface area contributed by atoms with Gasteiger partial charge in [-0.05, 0) is 62.4 Å². The molecule has 0 bridgehead atoms. The number of urea groups is 1. The molecule has 0 spiro atoms. The third-order valence-electron chi connectivity index (χ3n) is 5.37. The zero-order valence-corrected chi connectivity index (χ0v) is 17.0. The summed E-state index contributed by atoms with van der Waals surface area (Å²) in [5.41, 5.74) is 1.70. The summed E-state index contributed by atoms with van der Waals surface area (Å²) in [6.45, 7) is 2.62. The highest BCUT2D eigenvalue weighted by atomic mass is 35.5. The Morgan fingerprint density at radius 3 is 2.50 bits per heavy atom. The fourth-order valence-electron chi connectivity index (χ4n) is 3.64. The molecule has 154 valence electrons. The van der Waals surface area contributed by atoms with Crippen LogP contribution in [0.2, 0.25) is 0 Å². The molecule has 1 aromatic carbocycles. The van der Waals surface area contributed by atoms with Gasteiger partial charge in [0.2, 0.25) is 0 Å². The lowest BCUT2D eigenvalue weighted by molar-refractivity contribution is -0.140. The number of anilines is 1. The number of hydrogen-bond acceptors (Lipinski definition) is 5. The van der Waals surface area contributed by atoms with E-state index in [4.69, 9.17) is 0 Å². The van der Waals surface area contributed by atoms with E-state index in [0.29, 0.717) is 31.0 Å². The predicted molar refractivity (Wildman–Crippen MR) is 109 cm³/mol. The van der Waals surface area contributed by atoms with Gasteiger partial charge in [-0.15, -0.1) is 12.4 Å². The van der Waals surface area contributed by atoms with Crippen LogP contribution in [-0.2, 0) is 20.7 Å². The third-order valence-corrected chi connectivity index (χ3v) is 5.37. The van der Waals surface area contributed by atoms with E-state index in [1.54, 1.807) is 0 Å². The summed E-state index contributed by atoms with van der Waals surface area (Å²) in [6, 6.07) is 7.18. The van der Waals surface area contributed by atoms with Crippen molar-refractivity contribution in [2.24, 2.45) is 5.92 Å². The third kappa shape index (κ3) is 5.45. The van der Waals surface area contributed by atoms with Gasteiger partial charge in [0.15, 0.2) is 0 Å². The van der Waals surface area contributed by atoms with E-state index in [1.165, 1.54) is 16.9 Å². The Morgan fingerprint density at radius 1 is 1.18 bits per heavy atom. The van der Waals surface area contributed by atoms with Crippen molar-refractivity contribution >= 4 is 36.0 Å². The number of esters is 1. The Kier molecular flexibility index (Phi) is 8.26. The van der Waals surface area contributed by atoms with Crippen molar-refractivity contribution in [1.82, 2.24) is 10.2 Å². The fourth-order valence-corrected chi connectivity index (χ4v) is 3.64. The van der Waals surface area contributed by atoms with Gasteiger partial charge in [-0.25, -0.2) is 4.79 Å². The van der Waals surface area contributed by atoms with E-state index in [2.05, 4.69) is 10.1 Å². The Balaban J connectivity index is 0.00000280. The van der Waals surface area contributed by atoms with Crippen molar-refractivity contribution in [3.8, 4) is 0 Å². The second kappa shape index (κ2) is 10.4. The molecular formula is C20H28ClN3O4. The number of carbonyl (C=O) groups excluding carboxylic acids is 3. The number of halogens is 1. The maximum atomic E-state index is 12.7. The molecule has 2 aliphatic heterocycles. The molecule has 0 radical (unpaired) electrons. The number of amides is 3. The van der Waals surface area contributed by atoms with Crippen LogP contribution in [0, 0.1) is 5.92 Å². The largest absolute Gasteiger partial charge is 0.469 e. The molecule has 7 nitrogen and oxygen atoms in total. The lowest BCUT2D eigenvalue weighted by Crippen LogP contribution is -2.36. The van der Waals surface area contributed by atoms with Gasteiger partial charge in [-0.1, -0.05) is 12.1 Å². The quantitative estimate of drug-likeness (QED) is 0.552. The molecule has 0 aliphatic carbocycles. The van der Waals surface area contributed by atoms with Crippen molar-refractivity contribution in [1.29, 1.82) is 0 Å². The zero-order valence-electron chi connectivity index (χ0n) is 16.2. The lowest BCUT2D eigenvalue weighted by atomic mass is 9.94. The average Bonchev–Trinajstić information content (AvgIpc) is 2.99. The van der Waals surface area contributed by atoms with E-state index < -0.39 is 0 Å². The first kappa shape index (κ1) is 22.2. The van der Waals surface area contributed by atoms with Crippen molar-refractivity contribution < 1.29 is 19.1 Å². The molecule has 1 N–H and O–H groups in total. The Bertz CT molecular complexity index is 689. The van der Waals surface area contributed by atoms with Crippen molar-refractivity contribution in [3.63, 3.8) is 0 Å². The first-order chi connectivity index (χ1) is 13.1. The smallest absolute Gasteiger partial charge is 0.331 e. The lowest BCUT2D eigenvalue weighted by Gasteiger charge is -2.24. The highest BCUT2D eigenvalue weighted by Gasteiger charge is 2.36. The van der Waals surface area contributed by atoms with Gasteiger partial charge in [0.25, 0.3) is 5.91 Å². The number of methoxy groups -OCH3 is 1. The molecule has 2 heterocycles. The SMILES string of the molecule is COC(=O)CCc1ccc(N2CC(=O)N(CCC3CCNCC3)C2=O)cc1.Cl. The summed E-state index contributed by atoms with van der Waals surface area (Å²) < 4.78 is 4.64. The van der Waals surface area contributed by atoms with Crippen molar-refractivity contribution in [3.05, 3.63) is 29.8 Å². The van der Waals surface area contributed by atoms with E-state index in [0.717, 1.165) is 37.9 Å². The number of aryl methyl sites for hydroxylation is 1. The first-order valence-electron chi connectivity index (χ1n) is 9.57. The van der Waals surface area contributed by atoms with Gasteiger partial charge in [0.1, 0.15) is 6.54 Å². The topological polar surface area (TPSA) is 79.0 Å². The summed E-state index contributed by atoms with van der Waals surface area (Å²) in [5.74, 6) is 0.197. The Morgan fingerprint density at radius 2 is 1.86 bits per heavy atom. The van der Waals surface area contributed by atoms with Crippen molar-refractivity contribution in [2.75, 3.05) is 38.2 Å². The average molecular weight is 410 g/mol. The van der Waals surface area contributed by atoms with Crippen LogP contribution in [0.1, 0.15) is 31.2 Å². The van der Waals surface area contributed by atoms with Crippen LogP contribution in [-0.4, -0.2) is 56.1 Å². The monoisotopic (exact) mass is 409 g/mol. The van der Waals surface area contributed by atoms with Gasteiger partial charge in [0, 0.05) is 18.7 Å². The predicted octanol–water partition coefficient (Wildman–Crippen LogP) is 2.37. The molecule has 3 rings (SSSR count). The molecule has 3 amide bonds. The van der Waals surface area contributed by atoms with Gasteiger partial charge in [-0.2, -0.15) is 0 Å². The van der Waals surface area contributed by atoms with Crippen LogP contribution in [0.25, 0.3) is 0 Å². The molecule has 28 heavy (non-hydrogen) atoms. The number of nitrogens with zero attached hydrogens (tertiary/aromatic N) is 2. The van der Waals surface area contributed by atoms with Crippen LogP contribution in [0.15, 0.2) is 24.3 Å². The van der Waals surface area contributed by atoms with Gasteiger partial charge >= 0.3 is 12.0 Å². The van der Waals surface area contributed by atoms with Crippen LogP contribution in [0.3, 0.4) is 0 Å². The molecule has 0 aromatic heterocycles. The Labute approximate surface area is 171 Å². The Hall–Kier alpha value is -2.12. The minimum absolute atomic E-state index is 0. The van der Waals surface area contributed by atoms with Crippen LogP contribution in [0.5, 0.6) is 0 Å². The van der Waals surface area contributed by atoms with E-state index in [-0.39, 0.29) is 36.9 Å². The van der Waals surface area contributed by atoms with Gasteiger partial charge in [-0.3, -0.25) is 19.4 Å². The molecular weight excluding hydrogens is 382 g/mol. The van der Waals surface area contributed by atoms with E-state index in [9.17, 15) is 14.4 Å². The number of ether oxygens (including phenoxy) is 1. The number of rotatable bonds is 7. The number of nitrogens with one attached hydrogen (secondary N) is 1. The number of piperidine rings is 1. The minimum atomic E-state index is -0.246. The second-order valence-corrected chi connectivity index (χ2v) is 7.14. The van der Waals surface area contributed by atoms with Gasteiger partial charge in [0.05, 0.1) is 7.11 Å². The fraction of sp³-hybridized carbons (Fsp3) is 0.550. The van der Waals surface area contributed by atoms with E-state index in [1.807, 2.05) is 24.3 Å². The summed E-state index contributed by atoms with van der Waals surface area (Å²) in [6.07, 6.45) is 3.99. The summed E-state index contributed by atoms with van der Waals surface area (Å²) in [7, 11) is 1.37. The summed E-state index contributed by atoms with van der Waals surface area (Å²) >= 11 is 0. The van der Waals surface area contributed by atoms with Crippen LogP contribution < -0.4 is 10.2 Å². The highest BCUT2D eigenvalue weighted by molar-refractivity contribution is 6.12. The molecule has 0 atom stereocenters. The van der Waals surface area contributed by atoms with E-state index >= 15 is 0 Å². The molecule has 2 saturated heterocycles. The standard InChI is InChI=1S/C20H27N3O4.ClH/c1-27-19(25)7-4-15-2-5-17(6-3-15)23-14-18(24)22(20(23)26)13-10-16-8-11-21-12-9-16;/h2-3,5-6,16,21H,4,7-14H2,1H3;1H. The molecule has 0 unspecified atom stereocenters. The number of benzene rings is 1. The zero-order chi connectivity index (χ0) is 19.2.